The normalized spacial score (nSPS) is 22.9. The Balaban J connectivity index is 1.46. The second-order valence-electron chi connectivity index (χ2n) is 11.8. The Bertz CT molecular complexity index is 1130. The number of phenols is 1. The van der Waals surface area contributed by atoms with Crippen LogP contribution in [0.25, 0.3) is 0 Å². The number of hydrogen-bond acceptors (Lipinski definition) is 9. The Hall–Kier alpha value is -3.22. The molecule has 1 aromatic rings. The number of ketones is 1. The SMILES string of the molecule is COc1ccc(C[C@H](NC(=O)[C@H](C)NC(=O)CN2CCOCC2)C(=O)N[C@@H](CC2CCCC2)C(=O)[C@@]2(C)CO2)cc1O. The van der Waals surface area contributed by atoms with E-state index in [1.54, 1.807) is 26.0 Å². The highest BCUT2D eigenvalue weighted by Crippen LogP contribution is 2.33. The van der Waals surface area contributed by atoms with Crippen molar-refractivity contribution in [1.29, 1.82) is 0 Å². The quantitative estimate of drug-likeness (QED) is 0.229. The zero-order chi connectivity index (χ0) is 30.3. The van der Waals surface area contributed by atoms with Crippen molar-refractivity contribution in [2.45, 2.75) is 76.1 Å². The monoisotopic (exact) mass is 588 g/mol. The number of methoxy groups -OCH3 is 1. The number of phenolic OH excluding ortho intramolecular Hbond substituents is 1. The maximum absolute atomic E-state index is 13.7. The molecular weight excluding hydrogens is 544 g/mol. The van der Waals surface area contributed by atoms with Crippen molar-refractivity contribution in [3.05, 3.63) is 23.8 Å². The van der Waals surface area contributed by atoms with Crippen LogP contribution in [0.1, 0.15) is 51.5 Å². The van der Waals surface area contributed by atoms with Gasteiger partial charge in [-0.3, -0.25) is 24.1 Å². The number of amides is 3. The molecule has 2 saturated heterocycles. The second kappa shape index (κ2) is 14.3. The predicted molar refractivity (Wildman–Crippen MR) is 153 cm³/mol. The van der Waals surface area contributed by atoms with Crippen molar-refractivity contribution >= 4 is 23.5 Å². The summed E-state index contributed by atoms with van der Waals surface area (Å²) in [6.45, 7) is 6.11. The molecule has 232 valence electrons. The summed E-state index contributed by atoms with van der Waals surface area (Å²) in [6, 6.07) is 2.01. The van der Waals surface area contributed by atoms with Gasteiger partial charge < -0.3 is 35.3 Å². The summed E-state index contributed by atoms with van der Waals surface area (Å²) in [4.78, 5) is 54.8. The first-order valence-electron chi connectivity index (χ1n) is 14.8. The van der Waals surface area contributed by atoms with Crippen molar-refractivity contribution < 1.29 is 38.5 Å². The van der Waals surface area contributed by atoms with E-state index in [4.69, 9.17) is 14.2 Å². The van der Waals surface area contributed by atoms with Gasteiger partial charge in [0.15, 0.2) is 17.3 Å². The number of hydrogen-bond donors (Lipinski definition) is 4. The number of benzene rings is 1. The van der Waals surface area contributed by atoms with E-state index in [0.29, 0.717) is 50.8 Å². The Labute approximate surface area is 246 Å². The highest BCUT2D eigenvalue weighted by molar-refractivity contribution is 5.98. The summed E-state index contributed by atoms with van der Waals surface area (Å²) >= 11 is 0. The first kappa shape index (κ1) is 31.7. The van der Waals surface area contributed by atoms with Gasteiger partial charge in [-0.05, 0) is 43.9 Å². The zero-order valence-corrected chi connectivity index (χ0v) is 24.8. The second-order valence-corrected chi connectivity index (χ2v) is 11.8. The van der Waals surface area contributed by atoms with Gasteiger partial charge in [0, 0.05) is 19.5 Å². The molecule has 1 aromatic carbocycles. The Morgan fingerprint density at radius 1 is 1.07 bits per heavy atom. The average molecular weight is 589 g/mol. The lowest BCUT2D eigenvalue weighted by Crippen LogP contribution is -2.57. The van der Waals surface area contributed by atoms with Gasteiger partial charge in [0.1, 0.15) is 17.7 Å². The van der Waals surface area contributed by atoms with E-state index in [1.807, 2.05) is 4.90 Å². The molecule has 2 aliphatic heterocycles. The van der Waals surface area contributed by atoms with Crippen molar-refractivity contribution in [3.8, 4) is 11.5 Å². The topological polar surface area (TPSA) is 159 Å². The van der Waals surface area contributed by atoms with Crippen LogP contribution in [-0.4, -0.2) is 104 Å². The summed E-state index contributed by atoms with van der Waals surface area (Å²) in [5.74, 6) is -1.03. The van der Waals surface area contributed by atoms with Crippen molar-refractivity contribution in [3.63, 3.8) is 0 Å². The summed E-state index contributed by atoms with van der Waals surface area (Å²) in [5.41, 5.74) is -0.329. The van der Waals surface area contributed by atoms with Crippen LogP contribution in [0.5, 0.6) is 11.5 Å². The summed E-state index contributed by atoms with van der Waals surface area (Å²) in [6.07, 6.45) is 4.77. The molecule has 0 spiro atoms. The fraction of sp³-hybridized carbons (Fsp3) is 0.667. The van der Waals surface area contributed by atoms with Crippen molar-refractivity contribution in [1.82, 2.24) is 20.9 Å². The standard InChI is InChI=1S/C30H44N4O8/c1-19(31-26(36)17-34-10-12-41-13-11-34)28(38)33-23(15-21-8-9-25(40-3)24(35)16-21)29(39)32-22(14-20-6-4-5-7-20)27(37)30(2)18-42-30/h8-9,16,19-20,22-23,35H,4-7,10-15,17-18H2,1-3H3,(H,31,36)(H,32,39)(H,33,38)/t19-,22-,23-,30+/m0/s1. The molecule has 3 aliphatic rings. The first-order valence-corrected chi connectivity index (χ1v) is 14.8. The fourth-order valence-corrected chi connectivity index (χ4v) is 5.62. The van der Waals surface area contributed by atoms with E-state index in [1.165, 1.54) is 13.2 Å². The molecule has 4 atom stereocenters. The van der Waals surface area contributed by atoms with Crippen LogP contribution in [0.3, 0.4) is 0 Å². The average Bonchev–Trinajstić information content (AvgIpc) is 3.50. The van der Waals surface area contributed by atoms with Gasteiger partial charge in [-0.25, -0.2) is 0 Å². The lowest BCUT2D eigenvalue weighted by atomic mass is 9.90. The number of Topliss-reactive ketones (excluding diaryl/α,β-unsaturated/α-hetero) is 1. The fourth-order valence-electron chi connectivity index (χ4n) is 5.62. The van der Waals surface area contributed by atoms with Gasteiger partial charge in [0.2, 0.25) is 17.7 Å². The first-order chi connectivity index (χ1) is 20.1. The largest absolute Gasteiger partial charge is 0.504 e. The number of aromatic hydroxyl groups is 1. The summed E-state index contributed by atoms with van der Waals surface area (Å²) in [5, 5.41) is 18.7. The van der Waals surface area contributed by atoms with E-state index >= 15 is 0 Å². The van der Waals surface area contributed by atoms with Crippen LogP contribution in [0, 0.1) is 5.92 Å². The Morgan fingerprint density at radius 3 is 2.36 bits per heavy atom. The van der Waals surface area contributed by atoms with Gasteiger partial charge >= 0.3 is 0 Å². The van der Waals surface area contributed by atoms with Crippen molar-refractivity contribution in [2.75, 3.05) is 46.6 Å². The molecule has 4 N–H and O–H groups in total. The number of carbonyl (C=O) groups is 4. The molecule has 0 aromatic heterocycles. The van der Waals surface area contributed by atoms with Crippen LogP contribution in [0.4, 0.5) is 0 Å². The van der Waals surface area contributed by atoms with Gasteiger partial charge in [-0.2, -0.15) is 0 Å². The van der Waals surface area contributed by atoms with Gasteiger partial charge in [-0.15, -0.1) is 0 Å². The maximum Gasteiger partial charge on any atom is 0.243 e. The maximum atomic E-state index is 13.7. The van der Waals surface area contributed by atoms with Crippen LogP contribution in [0.15, 0.2) is 18.2 Å². The Kier molecular flexibility index (Phi) is 10.8. The number of rotatable bonds is 14. The van der Waals surface area contributed by atoms with Gasteiger partial charge in [0.25, 0.3) is 0 Å². The lowest BCUT2D eigenvalue weighted by Gasteiger charge is -2.27. The molecule has 3 amide bonds. The molecule has 0 unspecified atom stereocenters. The van der Waals surface area contributed by atoms with Gasteiger partial charge in [-0.1, -0.05) is 31.7 Å². The third-order valence-electron chi connectivity index (χ3n) is 8.33. The van der Waals surface area contributed by atoms with Crippen LogP contribution < -0.4 is 20.7 Å². The predicted octanol–water partition coefficient (Wildman–Crippen LogP) is 0.688. The minimum atomic E-state index is -1.07. The molecule has 2 heterocycles. The van der Waals surface area contributed by atoms with Crippen LogP contribution >= 0.6 is 0 Å². The highest BCUT2D eigenvalue weighted by Gasteiger charge is 2.50. The minimum Gasteiger partial charge on any atom is -0.504 e. The number of carbonyl (C=O) groups excluding carboxylic acids is 4. The minimum absolute atomic E-state index is 0.0433. The molecule has 4 rings (SSSR count). The molecule has 0 bridgehead atoms. The highest BCUT2D eigenvalue weighted by atomic mass is 16.6. The molecule has 42 heavy (non-hydrogen) atoms. The van der Waals surface area contributed by atoms with E-state index < -0.39 is 35.5 Å². The lowest BCUT2D eigenvalue weighted by molar-refractivity contribution is -0.134. The van der Waals surface area contributed by atoms with E-state index in [2.05, 4.69) is 16.0 Å². The molecule has 1 saturated carbocycles. The van der Waals surface area contributed by atoms with Crippen molar-refractivity contribution in [2.24, 2.45) is 5.92 Å². The smallest absolute Gasteiger partial charge is 0.243 e. The van der Waals surface area contributed by atoms with E-state index in [0.717, 1.165) is 25.7 Å². The third-order valence-corrected chi connectivity index (χ3v) is 8.33. The zero-order valence-electron chi connectivity index (χ0n) is 24.8. The van der Waals surface area contributed by atoms with Crippen LogP contribution in [-0.2, 0) is 35.1 Å². The van der Waals surface area contributed by atoms with Crippen LogP contribution in [0.2, 0.25) is 0 Å². The molecule has 0 radical (unpaired) electrons. The third kappa shape index (κ3) is 8.65. The molecular formula is C30H44N4O8. The summed E-state index contributed by atoms with van der Waals surface area (Å²) < 4.78 is 15.8. The van der Waals surface area contributed by atoms with E-state index in [-0.39, 0.29) is 36.2 Å². The van der Waals surface area contributed by atoms with Gasteiger partial charge in [0.05, 0.1) is 39.5 Å². The molecule has 1 aliphatic carbocycles. The summed E-state index contributed by atoms with van der Waals surface area (Å²) in [7, 11) is 1.44. The van der Waals surface area contributed by atoms with E-state index in [9.17, 15) is 24.3 Å². The number of nitrogens with one attached hydrogen (secondary N) is 3. The number of epoxide rings is 1. The molecule has 12 heteroatoms. The molecule has 3 fully saturated rings. The Morgan fingerprint density at radius 2 is 1.74 bits per heavy atom. The number of ether oxygens (including phenoxy) is 3. The number of nitrogens with zero attached hydrogens (tertiary/aromatic N) is 1. The molecule has 12 nitrogen and oxygen atoms in total. The number of morpholine rings is 1.